The summed E-state index contributed by atoms with van der Waals surface area (Å²) in [6, 6.07) is 2.27. The maximum absolute atomic E-state index is 10.3. The summed E-state index contributed by atoms with van der Waals surface area (Å²) in [5, 5.41) is 13.7. The largest absolute Gasteiger partial charge is 0.503 e. The standard InChI is InChI=1S/C17H24Br2N2O3.2ClH/c1-23-13-10-12(14(18)15(19)17(13)22)16(11-2-8-24-9-3-11)21-6-4-20-5-7-21;;/h10-11,16,20,22H,2-9H2,1H3;2*1H/t16-;;/m1../s1. The Balaban J connectivity index is 0.00000169. The summed E-state index contributed by atoms with van der Waals surface area (Å²) in [5.74, 6) is 1.18. The zero-order chi connectivity index (χ0) is 17.1. The maximum atomic E-state index is 10.3. The third-order valence-corrected chi connectivity index (χ3v) is 7.13. The Hall–Kier alpha value is 0.240. The fraction of sp³-hybridized carbons (Fsp3) is 0.647. The topological polar surface area (TPSA) is 54.0 Å². The average Bonchev–Trinajstić information content (AvgIpc) is 2.64. The first kappa shape index (κ1) is 24.3. The summed E-state index contributed by atoms with van der Waals surface area (Å²) < 4.78 is 12.5. The van der Waals surface area contributed by atoms with Gasteiger partial charge in [0.25, 0.3) is 0 Å². The fourth-order valence-electron chi connectivity index (χ4n) is 3.72. The molecule has 26 heavy (non-hydrogen) atoms. The second kappa shape index (κ2) is 11.3. The van der Waals surface area contributed by atoms with E-state index in [-0.39, 0.29) is 36.6 Å². The second-order valence-corrected chi connectivity index (χ2v) is 7.91. The number of benzene rings is 1. The molecule has 1 aromatic rings. The highest BCUT2D eigenvalue weighted by Gasteiger charge is 2.34. The molecule has 0 radical (unpaired) electrons. The number of hydrogen-bond donors (Lipinski definition) is 2. The van der Waals surface area contributed by atoms with Crippen molar-refractivity contribution in [2.24, 2.45) is 5.92 Å². The summed E-state index contributed by atoms with van der Waals surface area (Å²) in [5.41, 5.74) is 1.17. The van der Waals surface area contributed by atoms with E-state index in [0.717, 1.165) is 56.7 Å². The van der Waals surface area contributed by atoms with Gasteiger partial charge in [-0.25, -0.2) is 0 Å². The molecule has 2 N–H and O–H groups in total. The number of nitrogens with one attached hydrogen (secondary N) is 1. The molecule has 1 aromatic carbocycles. The zero-order valence-corrected chi connectivity index (χ0v) is 19.5. The van der Waals surface area contributed by atoms with Gasteiger partial charge < -0.3 is 19.9 Å². The Morgan fingerprint density at radius 1 is 1.19 bits per heavy atom. The molecule has 0 unspecified atom stereocenters. The van der Waals surface area contributed by atoms with E-state index in [1.54, 1.807) is 7.11 Å². The van der Waals surface area contributed by atoms with Crippen molar-refractivity contribution < 1.29 is 14.6 Å². The number of piperazine rings is 1. The number of phenolic OH excluding ortho intramolecular Hbond substituents is 1. The van der Waals surface area contributed by atoms with Gasteiger partial charge in [0, 0.05) is 49.9 Å². The van der Waals surface area contributed by atoms with Gasteiger partial charge in [-0.3, -0.25) is 4.90 Å². The number of halogens is 4. The van der Waals surface area contributed by atoms with Gasteiger partial charge in [-0.2, -0.15) is 0 Å². The van der Waals surface area contributed by atoms with Crippen molar-refractivity contribution in [3.05, 3.63) is 20.6 Å². The first-order valence-electron chi connectivity index (χ1n) is 8.40. The SMILES string of the molecule is COc1cc([C@@H](C2CCOCC2)N2CCNCC2)c(Br)c(Br)c1O.Cl.Cl. The van der Waals surface area contributed by atoms with Crippen LogP contribution >= 0.6 is 56.7 Å². The van der Waals surface area contributed by atoms with E-state index >= 15 is 0 Å². The molecule has 2 fully saturated rings. The predicted molar refractivity (Wildman–Crippen MR) is 115 cm³/mol. The normalized spacial score (nSPS) is 20.0. The lowest BCUT2D eigenvalue weighted by atomic mass is 9.85. The lowest BCUT2D eigenvalue weighted by Gasteiger charge is -2.41. The fourth-order valence-corrected chi connectivity index (χ4v) is 4.68. The Bertz CT molecular complexity index is 566. The van der Waals surface area contributed by atoms with Crippen molar-refractivity contribution in [1.29, 1.82) is 0 Å². The number of aromatic hydroxyl groups is 1. The number of methoxy groups -OCH3 is 1. The minimum atomic E-state index is 0. The van der Waals surface area contributed by atoms with Gasteiger partial charge in [0.1, 0.15) is 0 Å². The molecule has 1 atom stereocenters. The molecule has 150 valence electrons. The van der Waals surface area contributed by atoms with Crippen molar-refractivity contribution >= 4 is 56.7 Å². The summed E-state index contributed by atoms with van der Waals surface area (Å²) in [6.07, 6.45) is 2.11. The minimum Gasteiger partial charge on any atom is -0.503 e. The van der Waals surface area contributed by atoms with E-state index < -0.39 is 0 Å². The van der Waals surface area contributed by atoms with Crippen LogP contribution in [-0.4, -0.2) is 56.5 Å². The van der Waals surface area contributed by atoms with Crippen LogP contribution < -0.4 is 10.1 Å². The number of nitrogens with zero attached hydrogens (tertiary/aromatic N) is 1. The van der Waals surface area contributed by atoms with Gasteiger partial charge in [0.2, 0.25) is 0 Å². The van der Waals surface area contributed by atoms with Crippen molar-refractivity contribution in [2.45, 2.75) is 18.9 Å². The van der Waals surface area contributed by atoms with Crippen LogP contribution in [0.25, 0.3) is 0 Å². The van der Waals surface area contributed by atoms with Gasteiger partial charge in [-0.1, -0.05) is 0 Å². The number of rotatable bonds is 4. The Morgan fingerprint density at radius 2 is 1.81 bits per heavy atom. The van der Waals surface area contributed by atoms with E-state index in [1.165, 1.54) is 5.56 Å². The highest BCUT2D eigenvalue weighted by atomic mass is 79.9. The van der Waals surface area contributed by atoms with Crippen molar-refractivity contribution in [3.8, 4) is 11.5 Å². The number of phenols is 1. The van der Waals surface area contributed by atoms with Gasteiger partial charge in [-0.15, -0.1) is 24.8 Å². The molecule has 0 aliphatic carbocycles. The smallest absolute Gasteiger partial charge is 0.173 e. The van der Waals surface area contributed by atoms with Gasteiger partial charge in [0.05, 0.1) is 11.6 Å². The lowest BCUT2D eigenvalue weighted by molar-refractivity contribution is 0.0210. The van der Waals surface area contributed by atoms with Crippen LogP contribution in [0.15, 0.2) is 15.0 Å². The molecule has 2 aliphatic heterocycles. The van der Waals surface area contributed by atoms with Gasteiger partial charge in [0.15, 0.2) is 11.5 Å². The van der Waals surface area contributed by atoms with Crippen LogP contribution in [0, 0.1) is 5.92 Å². The van der Waals surface area contributed by atoms with Crippen LogP contribution in [0.1, 0.15) is 24.4 Å². The quantitative estimate of drug-likeness (QED) is 0.606. The zero-order valence-electron chi connectivity index (χ0n) is 14.7. The highest BCUT2D eigenvalue weighted by molar-refractivity contribution is 9.13. The Morgan fingerprint density at radius 3 is 2.38 bits per heavy atom. The van der Waals surface area contributed by atoms with Crippen LogP contribution in [0.2, 0.25) is 0 Å². The van der Waals surface area contributed by atoms with E-state index in [0.29, 0.717) is 16.1 Å². The van der Waals surface area contributed by atoms with Crippen molar-refractivity contribution in [3.63, 3.8) is 0 Å². The Kier molecular flexibility index (Phi) is 10.5. The summed E-state index contributed by atoms with van der Waals surface area (Å²) in [7, 11) is 1.59. The monoisotopic (exact) mass is 534 g/mol. The minimum absolute atomic E-state index is 0. The van der Waals surface area contributed by atoms with E-state index in [2.05, 4.69) is 42.1 Å². The van der Waals surface area contributed by atoms with Gasteiger partial charge in [-0.05, 0) is 62.2 Å². The van der Waals surface area contributed by atoms with Crippen LogP contribution in [0.3, 0.4) is 0 Å². The van der Waals surface area contributed by atoms with Crippen molar-refractivity contribution in [1.82, 2.24) is 10.2 Å². The average molecular weight is 537 g/mol. The van der Waals surface area contributed by atoms with Crippen LogP contribution in [0.5, 0.6) is 11.5 Å². The predicted octanol–water partition coefficient (Wildman–Crippen LogP) is 4.14. The lowest BCUT2D eigenvalue weighted by Crippen LogP contribution is -2.47. The third-order valence-electron chi connectivity index (χ3n) is 4.97. The first-order valence-corrected chi connectivity index (χ1v) is 9.99. The molecule has 2 heterocycles. The summed E-state index contributed by atoms with van der Waals surface area (Å²) in [6.45, 7) is 5.70. The molecule has 2 aliphatic rings. The van der Waals surface area contributed by atoms with Crippen LogP contribution in [-0.2, 0) is 4.74 Å². The summed E-state index contributed by atoms with van der Waals surface area (Å²) >= 11 is 7.20. The molecule has 0 spiro atoms. The first-order chi connectivity index (χ1) is 11.6. The van der Waals surface area contributed by atoms with E-state index in [9.17, 15) is 5.11 Å². The summed E-state index contributed by atoms with van der Waals surface area (Å²) in [4.78, 5) is 2.55. The molecular weight excluding hydrogens is 511 g/mol. The maximum Gasteiger partial charge on any atom is 0.173 e. The molecule has 5 nitrogen and oxygen atoms in total. The van der Waals surface area contributed by atoms with E-state index in [4.69, 9.17) is 9.47 Å². The van der Waals surface area contributed by atoms with Crippen LogP contribution in [0.4, 0.5) is 0 Å². The van der Waals surface area contributed by atoms with Gasteiger partial charge >= 0.3 is 0 Å². The molecular formula is C17H26Br2Cl2N2O3. The second-order valence-electron chi connectivity index (χ2n) is 6.33. The van der Waals surface area contributed by atoms with E-state index in [1.807, 2.05) is 6.07 Å². The number of hydrogen-bond acceptors (Lipinski definition) is 5. The number of ether oxygens (including phenoxy) is 2. The molecule has 0 amide bonds. The molecule has 0 aromatic heterocycles. The Labute approximate surface area is 184 Å². The molecule has 2 saturated heterocycles. The van der Waals surface area contributed by atoms with Crippen molar-refractivity contribution in [2.75, 3.05) is 46.5 Å². The highest BCUT2D eigenvalue weighted by Crippen LogP contribution is 2.47. The third kappa shape index (κ3) is 5.19. The molecule has 9 heteroatoms. The molecule has 3 rings (SSSR count). The molecule has 0 bridgehead atoms. The molecule has 0 saturated carbocycles.